The molecule has 90 valence electrons. The maximum atomic E-state index is 5.73. The Morgan fingerprint density at radius 1 is 1.29 bits per heavy atom. The van der Waals surface area contributed by atoms with E-state index in [9.17, 15) is 0 Å². The maximum absolute atomic E-state index is 5.73. The number of benzene rings is 1. The summed E-state index contributed by atoms with van der Waals surface area (Å²) in [6, 6.07) is 5.34. The first-order valence-electron chi connectivity index (χ1n) is 5.31. The number of ether oxygens (including phenoxy) is 2. The Labute approximate surface area is 99.8 Å². The molecule has 0 aliphatic carbocycles. The number of hydrogen-bond acceptors (Lipinski definition) is 4. The molecule has 0 aliphatic rings. The van der Waals surface area contributed by atoms with Crippen molar-refractivity contribution < 1.29 is 9.47 Å². The molecular weight excluding hydrogens is 218 g/mol. The van der Waals surface area contributed by atoms with Gasteiger partial charge in [0.2, 0.25) is 0 Å². The normalized spacial score (nSPS) is 10.2. The zero-order valence-electron chi connectivity index (χ0n) is 9.67. The van der Waals surface area contributed by atoms with Crippen molar-refractivity contribution in [3.05, 3.63) is 36.9 Å². The molecule has 1 heterocycles. The van der Waals surface area contributed by atoms with Crippen LogP contribution in [0.1, 0.15) is 0 Å². The van der Waals surface area contributed by atoms with Gasteiger partial charge in [-0.25, -0.2) is 4.98 Å². The standard InChI is InChI=1S/C12H15N3O2/c1-16-11-6-10(13)7-12(8-11)17-5-4-15-3-2-14-9-15/h2-3,6-9H,4-5,13H2,1H3. The van der Waals surface area contributed by atoms with Gasteiger partial charge in [-0.1, -0.05) is 0 Å². The van der Waals surface area contributed by atoms with E-state index in [1.165, 1.54) is 0 Å². The van der Waals surface area contributed by atoms with Gasteiger partial charge in [-0.2, -0.15) is 0 Å². The Bertz CT molecular complexity index is 469. The highest BCUT2D eigenvalue weighted by Crippen LogP contribution is 2.23. The summed E-state index contributed by atoms with van der Waals surface area (Å²) in [5.41, 5.74) is 6.35. The molecular formula is C12H15N3O2. The monoisotopic (exact) mass is 233 g/mol. The summed E-state index contributed by atoms with van der Waals surface area (Å²) >= 11 is 0. The number of aromatic nitrogens is 2. The van der Waals surface area contributed by atoms with E-state index in [-0.39, 0.29) is 0 Å². The summed E-state index contributed by atoms with van der Waals surface area (Å²) in [4.78, 5) is 3.96. The molecule has 17 heavy (non-hydrogen) atoms. The van der Waals surface area contributed by atoms with Crippen molar-refractivity contribution in [2.75, 3.05) is 19.5 Å². The molecule has 0 aliphatic heterocycles. The molecule has 2 aromatic rings. The number of hydrogen-bond donors (Lipinski definition) is 1. The van der Waals surface area contributed by atoms with Crippen molar-refractivity contribution in [1.82, 2.24) is 9.55 Å². The Hall–Kier alpha value is -2.17. The fraction of sp³-hybridized carbons (Fsp3) is 0.250. The quantitative estimate of drug-likeness (QED) is 0.796. The lowest BCUT2D eigenvalue weighted by molar-refractivity contribution is 0.296. The van der Waals surface area contributed by atoms with Gasteiger partial charge in [-0.15, -0.1) is 0 Å². The van der Waals surface area contributed by atoms with E-state index in [0.717, 1.165) is 6.54 Å². The molecule has 2 N–H and O–H groups in total. The lowest BCUT2D eigenvalue weighted by Crippen LogP contribution is -2.06. The first-order valence-corrected chi connectivity index (χ1v) is 5.31. The summed E-state index contributed by atoms with van der Waals surface area (Å²) in [5, 5.41) is 0. The van der Waals surface area contributed by atoms with Gasteiger partial charge >= 0.3 is 0 Å². The van der Waals surface area contributed by atoms with Crippen LogP contribution in [0.15, 0.2) is 36.9 Å². The Morgan fingerprint density at radius 2 is 2.12 bits per heavy atom. The summed E-state index contributed by atoms with van der Waals surface area (Å²) in [6.45, 7) is 1.31. The summed E-state index contributed by atoms with van der Waals surface area (Å²) in [5.74, 6) is 1.41. The highest BCUT2D eigenvalue weighted by Gasteiger charge is 2.00. The van der Waals surface area contributed by atoms with Gasteiger partial charge in [-0.3, -0.25) is 0 Å². The van der Waals surface area contributed by atoms with E-state index in [2.05, 4.69) is 4.98 Å². The third kappa shape index (κ3) is 3.14. The average Bonchev–Trinajstić information content (AvgIpc) is 2.81. The van der Waals surface area contributed by atoms with E-state index in [1.807, 2.05) is 16.8 Å². The second kappa shape index (κ2) is 5.25. The summed E-state index contributed by atoms with van der Waals surface area (Å²) in [6.07, 6.45) is 5.39. The summed E-state index contributed by atoms with van der Waals surface area (Å²) in [7, 11) is 1.60. The van der Waals surface area contributed by atoms with Crippen LogP contribution in [0.3, 0.4) is 0 Å². The van der Waals surface area contributed by atoms with Gasteiger partial charge in [-0.05, 0) is 0 Å². The van der Waals surface area contributed by atoms with Crippen LogP contribution in [-0.4, -0.2) is 23.3 Å². The topological polar surface area (TPSA) is 62.3 Å². The number of nitrogens with zero attached hydrogens (tertiary/aromatic N) is 2. The Morgan fingerprint density at radius 3 is 2.82 bits per heavy atom. The van der Waals surface area contributed by atoms with Gasteiger partial charge in [0.15, 0.2) is 0 Å². The van der Waals surface area contributed by atoms with Crippen molar-refractivity contribution in [2.24, 2.45) is 0 Å². The van der Waals surface area contributed by atoms with Crippen LogP contribution in [0.25, 0.3) is 0 Å². The van der Waals surface area contributed by atoms with Crippen LogP contribution >= 0.6 is 0 Å². The van der Waals surface area contributed by atoms with Gasteiger partial charge < -0.3 is 19.8 Å². The van der Waals surface area contributed by atoms with Crippen LogP contribution in [0.2, 0.25) is 0 Å². The number of nitrogen functional groups attached to an aromatic ring is 1. The molecule has 0 saturated carbocycles. The lowest BCUT2D eigenvalue weighted by atomic mass is 10.3. The predicted molar refractivity (Wildman–Crippen MR) is 65.1 cm³/mol. The zero-order chi connectivity index (χ0) is 12.1. The molecule has 0 fully saturated rings. The molecule has 1 aromatic heterocycles. The second-order valence-corrected chi connectivity index (χ2v) is 3.59. The fourth-order valence-corrected chi connectivity index (χ4v) is 1.48. The number of nitrogens with two attached hydrogens (primary N) is 1. The Balaban J connectivity index is 1.92. The largest absolute Gasteiger partial charge is 0.497 e. The van der Waals surface area contributed by atoms with Crippen LogP contribution in [0, 0.1) is 0 Å². The highest BCUT2D eigenvalue weighted by atomic mass is 16.5. The minimum Gasteiger partial charge on any atom is -0.497 e. The third-order valence-corrected chi connectivity index (χ3v) is 2.32. The van der Waals surface area contributed by atoms with Crippen molar-refractivity contribution in [3.63, 3.8) is 0 Å². The van der Waals surface area contributed by atoms with E-state index in [4.69, 9.17) is 15.2 Å². The van der Waals surface area contributed by atoms with E-state index in [0.29, 0.717) is 23.8 Å². The van der Waals surface area contributed by atoms with Crippen LogP contribution in [-0.2, 0) is 6.54 Å². The molecule has 5 heteroatoms. The zero-order valence-corrected chi connectivity index (χ0v) is 9.67. The van der Waals surface area contributed by atoms with E-state index < -0.39 is 0 Å². The molecule has 0 amide bonds. The first-order chi connectivity index (χ1) is 8.28. The average molecular weight is 233 g/mol. The van der Waals surface area contributed by atoms with E-state index in [1.54, 1.807) is 31.8 Å². The summed E-state index contributed by atoms with van der Waals surface area (Å²) < 4.78 is 12.7. The molecule has 0 bridgehead atoms. The molecule has 0 atom stereocenters. The van der Waals surface area contributed by atoms with Crippen LogP contribution in [0.4, 0.5) is 5.69 Å². The number of imidazole rings is 1. The van der Waals surface area contributed by atoms with Crippen molar-refractivity contribution in [2.45, 2.75) is 6.54 Å². The molecule has 0 saturated heterocycles. The number of anilines is 1. The van der Waals surface area contributed by atoms with Crippen molar-refractivity contribution >= 4 is 5.69 Å². The van der Waals surface area contributed by atoms with Crippen molar-refractivity contribution in [1.29, 1.82) is 0 Å². The second-order valence-electron chi connectivity index (χ2n) is 3.59. The number of methoxy groups -OCH3 is 1. The third-order valence-electron chi connectivity index (χ3n) is 2.32. The van der Waals surface area contributed by atoms with E-state index >= 15 is 0 Å². The Kier molecular flexibility index (Phi) is 3.49. The lowest BCUT2D eigenvalue weighted by Gasteiger charge is -2.09. The first kappa shape index (κ1) is 11.3. The van der Waals surface area contributed by atoms with Crippen molar-refractivity contribution in [3.8, 4) is 11.5 Å². The number of rotatable bonds is 5. The SMILES string of the molecule is COc1cc(N)cc(OCCn2ccnc2)c1. The predicted octanol–water partition coefficient (Wildman–Crippen LogP) is 1.55. The minimum absolute atomic E-state index is 0.558. The van der Waals surface area contributed by atoms with Gasteiger partial charge in [0, 0.05) is 36.3 Å². The van der Waals surface area contributed by atoms with Crippen LogP contribution in [0.5, 0.6) is 11.5 Å². The molecule has 2 rings (SSSR count). The highest BCUT2D eigenvalue weighted by molar-refractivity contribution is 5.50. The minimum atomic E-state index is 0.558. The molecule has 0 spiro atoms. The fourth-order valence-electron chi connectivity index (χ4n) is 1.48. The molecule has 1 aromatic carbocycles. The molecule has 0 radical (unpaired) electrons. The molecule has 5 nitrogen and oxygen atoms in total. The smallest absolute Gasteiger partial charge is 0.125 e. The maximum Gasteiger partial charge on any atom is 0.125 e. The van der Waals surface area contributed by atoms with Crippen LogP contribution < -0.4 is 15.2 Å². The van der Waals surface area contributed by atoms with Gasteiger partial charge in [0.05, 0.1) is 20.0 Å². The molecule has 0 unspecified atom stereocenters. The van der Waals surface area contributed by atoms with Gasteiger partial charge in [0.25, 0.3) is 0 Å². The van der Waals surface area contributed by atoms with Gasteiger partial charge in [0.1, 0.15) is 18.1 Å².